The first-order valence-corrected chi connectivity index (χ1v) is 15.0. The Labute approximate surface area is 242 Å². The van der Waals surface area contributed by atoms with Gasteiger partial charge in [-0.05, 0) is 74.9 Å². The average molecular weight is 611 g/mol. The highest BCUT2D eigenvalue weighted by Gasteiger charge is 2.48. The van der Waals surface area contributed by atoms with Crippen LogP contribution in [0.2, 0.25) is 0 Å². The molecule has 228 valence electrons. The van der Waals surface area contributed by atoms with E-state index in [4.69, 9.17) is 0 Å². The fourth-order valence-electron chi connectivity index (χ4n) is 5.22. The van der Waals surface area contributed by atoms with Gasteiger partial charge in [0.05, 0.1) is 12.1 Å². The summed E-state index contributed by atoms with van der Waals surface area (Å²) in [5, 5.41) is 8.50. The standard InChI is InChI=1S/C28H33F3N4O6S/c1-17(32-2)25(36)34-24(19-12-14-20(15-13-19)41-42(39,40)28(29,30)31)27(38)35-16-6-11-23(35)26(37)33-22-10-5-8-18-7-3-4-9-21(18)22/h3-4,7,9,12-15,17,22-24,32H,5-6,8,10-11,16H2,1-2H3,(H,33,37)(H,34,36). The number of carbonyl (C=O) groups excluding carboxylic acids is 3. The van der Waals surface area contributed by atoms with E-state index in [1.807, 2.05) is 24.3 Å². The first kappa shape index (κ1) is 31.3. The molecule has 3 N–H and O–H groups in total. The maximum Gasteiger partial charge on any atom is 0.534 e. The van der Waals surface area contributed by atoms with E-state index in [-0.39, 0.29) is 24.1 Å². The molecule has 1 aliphatic carbocycles. The fourth-order valence-corrected chi connectivity index (χ4v) is 5.68. The van der Waals surface area contributed by atoms with Crippen LogP contribution in [0.3, 0.4) is 0 Å². The Morgan fingerprint density at radius 2 is 1.71 bits per heavy atom. The number of fused-ring (bicyclic) bond motifs is 1. The van der Waals surface area contributed by atoms with Gasteiger partial charge in [-0.15, -0.1) is 0 Å². The quantitative estimate of drug-likeness (QED) is 0.294. The minimum absolute atomic E-state index is 0.167. The minimum atomic E-state index is -5.89. The molecular formula is C28H33F3N4O6S. The van der Waals surface area contributed by atoms with Crippen molar-refractivity contribution in [2.45, 2.75) is 68.7 Å². The zero-order valence-electron chi connectivity index (χ0n) is 23.1. The number of amides is 3. The summed E-state index contributed by atoms with van der Waals surface area (Å²) in [5.41, 5.74) is -3.23. The van der Waals surface area contributed by atoms with E-state index < -0.39 is 51.3 Å². The van der Waals surface area contributed by atoms with Crippen molar-refractivity contribution in [3.05, 3.63) is 65.2 Å². The SMILES string of the molecule is CNC(C)C(=O)NC(C(=O)N1CCCC1C(=O)NC1CCCc2ccccc21)c1ccc(OS(=O)(=O)C(F)(F)F)cc1. The summed E-state index contributed by atoms with van der Waals surface area (Å²) in [5.74, 6) is -2.04. The third kappa shape index (κ3) is 6.86. The molecule has 42 heavy (non-hydrogen) atoms. The van der Waals surface area contributed by atoms with Gasteiger partial charge in [0.15, 0.2) is 0 Å². The van der Waals surface area contributed by atoms with Crippen molar-refractivity contribution < 1.29 is 40.2 Å². The molecule has 4 atom stereocenters. The van der Waals surface area contributed by atoms with Crippen LogP contribution >= 0.6 is 0 Å². The van der Waals surface area contributed by atoms with Crippen molar-refractivity contribution in [1.29, 1.82) is 0 Å². The number of benzene rings is 2. The number of hydrogen-bond donors (Lipinski definition) is 3. The smallest absolute Gasteiger partial charge is 0.376 e. The van der Waals surface area contributed by atoms with Crippen molar-refractivity contribution in [2.75, 3.05) is 13.6 Å². The molecule has 4 unspecified atom stereocenters. The third-order valence-corrected chi connectivity index (χ3v) is 8.57. The number of alkyl halides is 3. The van der Waals surface area contributed by atoms with Gasteiger partial charge in [0.25, 0.3) is 0 Å². The topological polar surface area (TPSA) is 134 Å². The van der Waals surface area contributed by atoms with Crippen LogP contribution in [-0.2, 0) is 30.9 Å². The Morgan fingerprint density at radius 3 is 2.38 bits per heavy atom. The van der Waals surface area contributed by atoms with Gasteiger partial charge in [0.2, 0.25) is 17.7 Å². The molecule has 0 bridgehead atoms. The van der Waals surface area contributed by atoms with Crippen LogP contribution in [0.25, 0.3) is 0 Å². The van der Waals surface area contributed by atoms with Crippen LogP contribution < -0.4 is 20.1 Å². The van der Waals surface area contributed by atoms with E-state index in [1.54, 1.807) is 14.0 Å². The first-order chi connectivity index (χ1) is 19.8. The summed E-state index contributed by atoms with van der Waals surface area (Å²) in [6, 6.07) is 9.24. The fraction of sp³-hybridized carbons (Fsp3) is 0.464. The number of carbonyl (C=O) groups is 3. The number of halogens is 3. The van der Waals surface area contributed by atoms with E-state index in [1.165, 1.54) is 22.6 Å². The second-order valence-corrected chi connectivity index (χ2v) is 11.9. The molecule has 0 saturated carbocycles. The Kier molecular flexibility index (Phi) is 9.46. The number of hydrogen-bond acceptors (Lipinski definition) is 7. The minimum Gasteiger partial charge on any atom is -0.376 e. The predicted molar refractivity (Wildman–Crippen MR) is 146 cm³/mol. The highest BCUT2D eigenvalue weighted by Crippen LogP contribution is 2.32. The van der Waals surface area contributed by atoms with Crippen molar-refractivity contribution in [1.82, 2.24) is 20.9 Å². The molecule has 0 radical (unpaired) electrons. The molecule has 1 fully saturated rings. The molecule has 4 rings (SSSR count). The van der Waals surface area contributed by atoms with Gasteiger partial charge < -0.3 is 25.0 Å². The molecule has 2 aromatic carbocycles. The van der Waals surface area contributed by atoms with Crippen LogP contribution in [0.15, 0.2) is 48.5 Å². The van der Waals surface area contributed by atoms with Crippen LogP contribution in [0.1, 0.15) is 61.4 Å². The summed E-state index contributed by atoms with van der Waals surface area (Å²) < 4.78 is 65.1. The van der Waals surface area contributed by atoms with E-state index in [0.717, 1.165) is 37.0 Å². The molecule has 0 spiro atoms. The number of likely N-dealkylation sites (tertiary alicyclic amines) is 1. The molecule has 14 heteroatoms. The highest BCUT2D eigenvalue weighted by atomic mass is 32.2. The summed E-state index contributed by atoms with van der Waals surface area (Å²) in [6.45, 7) is 1.83. The van der Waals surface area contributed by atoms with Gasteiger partial charge in [-0.1, -0.05) is 36.4 Å². The van der Waals surface area contributed by atoms with Crippen molar-refractivity contribution in [3.8, 4) is 5.75 Å². The van der Waals surface area contributed by atoms with Crippen LogP contribution in [0, 0.1) is 0 Å². The third-order valence-electron chi connectivity index (χ3n) is 7.59. The summed E-state index contributed by atoms with van der Waals surface area (Å²) in [4.78, 5) is 41.5. The lowest BCUT2D eigenvalue weighted by Gasteiger charge is -2.32. The van der Waals surface area contributed by atoms with Crippen LogP contribution in [0.4, 0.5) is 13.2 Å². The van der Waals surface area contributed by atoms with Gasteiger partial charge in [-0.25, -0.2) is 0 Å². The molecular weight excluding hydrogens is 577 g/mol. The van der Waals surface area contributed by atoms with Crippen molar-refractivity contribution in [2.24, 2.45) is 0 Å². The van der Waals surface area contributed by atoms with E-state index >= 15 is 0 Å². The zero-order valence-corrected chi connectivity index (χ0v) is 23.9. The Bertz CT molecular complexity index is 1420. The lowest BCUT2D eigenvalue weighted by molar-refractivity contribution is -0.142. The molecule has 2 aromatic rings. The van der Waals surface area contributed by atoms with Gasteiger partial charge in [-0.2, -0.15) is 21.6 Å². The molecule has 2 aliphatic rings. The lowest BCUT2D eigenvalue weighted by atomic mass is 9.87. The van der Waals surface area contributed by atoms with Gasteiger partial charge >= 0.3 is 15.6 Å². The Balaban J connectivity index is 1.55. The van der Waals surface area contributed by atoms with E-state index in [0.29, 0.717) is 12.8 Å². The molecule has 1 heterocycles. The maximum absolute atomic E-state index is 13.9. The number of nitrogens with one attached hydrogen (secondary N) is 3. The van der Waals surface area contributed by atoms with Gasteiger partial charge in [-0.3, -0.25) is 14.4 Å². The summed E-state index contributed by atoms with van der Waals surface area (Å²) in [7, 11) is -4.34. The van der Waals surface area contributed by atoms with E-state index in [2.05, 4.69) is 20.1 Å². The second-order valence-electron chi connectivity index (χ2n) is 10.3. The van der Waals surface area contributed by atoms with Crippen molar-refractivity contribution >= 4 is 27.8 Å². The number of rotatable bonds is 9. The molecule has 1 saturated heterocycles. The highest BCUT2D eigenvalue weighted by molar-refractivity contribution is 7.88. The summed E-state index contributed by atoms with van der Waals surface area (Å²) >= 11 is 0. The average Bonchev–Trinajstić information content (AvgIpc) is 3.45. The number of aryl methyl sites for hydroxylation is 1. The van der Waals surface area contributed by atoms with Crippen LogP contribution in [-0.4, -0.2) is 62.2 Å². The monoisotopic (exact) mass is 610 g/mol. The van der Waals surface area contributed by atoms with E-state index in [9.17, 15) is 36.0 Å². The molecule has 3 amide bonds. The van der Waals surface area contributed by atoms with Gasteiger partial charge in [0, 0.05) is 6.54 Å². The largest absolute Gasteiger partial charge is 0.534 e. The molecule has 0 aromatic heterocycles. The maximum atomic E-state index is 13.9. The number of likely N-dealkylation sites (N-methyl/N-ethyl adjacent to an activating group) is 1. The van der Waals surface area contributed by atoms with Crippen LogP contribution in [0.5, 0.6) is 5.75 Å². The summed E-state index contributed by atoms with van der Waals surface area (Å²) in [6.07, 6.45) is 3.58. The first-order valence-electron chi connectivity index (χ1n) is 13.6. The molecule has 1 aliphatic heterocycles. The second kappa shape index (κ2) is 12.7. The molecule has 10 nitrogen and oxygen atoms in total. The van der Waals surface area contributed by atoms with Crippen molar-refractivity contribution in [3.63, 3.8) is 0 Å². The predicted octanol–water partition coefficient (Wildman–Crippen LogP) is 2.87. The Hall–Kier alpha value is -3.65. The lowest BCUT2D eigenvalue weighted by Crippen LogP contribution is -2.52. The number of nitrogens with zero attached hydrogens (tertiary/aromatic N) is 1. The zero-order chi connectivity index (χ0) is 30.7. The van der Waals surface area contributed by atoms with Gasteiger partial charge in [0.1, 0.15) is 17.8 Å². The Morgan fingerprint density at radius 1 is 1.02 bits per heavy atom. The normalized spacial score (nSPS) is 20.3.